The molecule has 3 aliphatic carbocycles. The van der Waals surface area contributed by atoms with Crippen LogP contribution in [0.1, 0.15) is 58.1 Å². The van der Waals surface area contributed by atoms with Crippen molar-refractivity contribution >= 4 is 29.7 Å². The van der Waals surface area contributed by atoms with E-state index in [1.807, 2.05) is 24.3 Å². The molecule has 1 heterocycles. The van der Waals surface area contributed by atoms with E-state index in [-0.39, 0.29) is 41.1 Å². The van der Waals surface area contributed by atoms with E-state index >= 15 is 0 Å². The van der Waals surface area contributed by atoms with E-state index in [4.69, 9.17) is 4.74 Å². The Hall–Kier alpha value is -3.43. The van der Waals surface area contributed by atoms with Crippen LogP contribution in [0.25, 0.3) is 0 Å². The third kappa shape index (κ3) is 5.83. The number of ether oxygens (including phenoxy) is 2. The smallest absolute Gasteiger partial charge is 0.408 e. The number of piperidine rings is 1. The Labute approximate surface area is 240 Å². The van der Waals surface area contributed by atoms with Crippen LogP contribution in [-0.4, -0.2) is 72.4 Å². The van der Waals surface area contributed by atoms with Crippen molar-refractivity contribution in [3.8, 4) is 0 Å². The fourth-order valence-electron chi connectivity index (χ4n) is 7.00. The molecule has 1 aromatic rings. The van der Waals surface area contributed by atoms with Gasteiger partial charge in [-0.15, -0.1) is 0 Å². The van der Waals surface area contributed by atoms with Crippen molar-refractivity contribution in [2.24, 2.45) is 29.1 Å². The lowest BCUT2D eigenvalue weighted by molar-refractivity contribution is -0.153. The van der Waals surface area contributed by atoms with E-state index in [0.29, 0.717) is 25.8 Å². The molecule has 10 nitrogen and oxygen atoms in total. The van der Waals surface area contributed by atoms with Crippen LogP contribution in [0.5, 0.6) is 0 Å². The predicted molar refractivity (Wildman–Crippen MR) is 148 cm³/mol. The van der Waals surface area contributed by atoms with E-state index in [1.54, 1.807) is 18.7 Å². The van der Waals surface area contributed by atoms with Gasteiger partial charge in [0.2, 0.25) is 11.8 Å². The molecule has 3 amide bonds. The number of carbonyl (C=O) groups excluding carboxylic acids is 5. The summed E-state index contributed by atoms with van der Waals surface area (Å²) in [7, 11) is 1.14. The first-order chi connectivity index (χ1) is 19.4. The van der Waals surface area contributed by atoms with Gasteiger partial charge in [-0.3, -0.25) is 14.4 Å². The number of benzene rings is 1. The molecule has 5 atom stereocenters. The van der Waals surface area contributed by atoms with Crippen molar-refractivity contribution in [2.75, 3.05) is 13.7 Å². The van der Waals surface area contributed by atoms with E-state index in [9.17, 15) is 24.0 Å². The molecule has 3 fully saturated rings. The minimum absolute atomic E-state index is 0.0923. The number of alkyl carbamates (subject to hydrolysis) is 1. The zero-order valence-corrected chi connectivity index (χ0v) is 24.5. The van der Waals surface area contributed by atoms with Crippen LogP contribution in [0.15, 0.2) is 24.3 Å². The molecule has 222 valence electrons. The topological polar surface area (TPSA) is 131 Å². The van der Waals surface area contributed by atoms with Crippen molar-refractivity contribution in [1.82, 2.24) is 15.5 Å². The van der Waals surface area contributed by atoms with Gasteiger partial charge in [0.15, 0.2) is 0 Å². The minimum Gasteiger partial charge on any atom is -0.463 e. The number of ketones is 1. The Morgan fingerprint density at radius 2 is 1.66 bits per heavy atom. The monoisotopic (exact) mass is 567 g/mol. The number of nitrogens with zero attached hydrogens (tertiary/aromatic N) is 1. The number of likely N-dealkylation sites (tertiary alicyclic amines) is 1. The maximum atomic E-state index is 14.3. The summed E-state index contributed by atoms with van der Waals surface area (Å²) in [6.07, 6.45) is 2.45. The molecule has 5 rings (SSSR count). The summed E-state index contributed by atoms with van der Waals surface area (Å²) in [6.45, 7) is 8.02. The Morgan fingerprint density at radius 1 is 1.02 bits per heavy atom. The molecule has 0 spiro atoms. The molecular formula is C31H41N3O7. The number of carbonyl (C=O) groups is 5. The fourth-order valence-corrected chi connectivity index (χ4v) is 7.00. The highest BCUT2D eigenvalue weighted by Crippen LogP contribution is 2.65. The molecule has 4 aliphatic rings. The average molecular weight is 568 g/mol. The summed E-state index contributed by atoms with van der Waals surface area (Å²) in [6, 6.07) is 5.29. The summed E-state index contributed by atoms with van der Waals surface area (Å²) in [5.74, 6) is -2.46. The van der Waals surface area contributed by atoms with Gasteiger partial charge in [0.1, 0.15) is 12.1 Å². The second-order valence-electron chi connectivity index (χ2n) is 13.0. The lowest BCUT2D eigenvalue weighted by Gasteiger charge is -2.35. The summed E-state index contributed by atoms with van der Waals surface area (Å²) in [5, 5.41) is 5.65. The van der Waals surface area contributed by atoms with Gasteiger partial charge < -0.3 is 25.0 Å². The maximum Gasteiger partial charge on any atom is 0.408 e. The summed E-state index contributed by atoms with van der Waals surface area (Å²) in [4.78, 5) is 67.4. The van der Waals surface area contributed by atoms with Crippen LogP contribution in [0.3, 0.4) is 0 Å². The Morgan fingerprint density at radius 3 is 2.22 bits per heavy atom. The summed E-state index contributed by atoms with van der Waals surface area (Å²) >= 11 is 0. The van der Waals surface area contributed by atoms with Crippen molar-refractivity contribution in [3.63, 3.8) is 0 Å². The first kappa shape index (κ1) is 29.1. The van der Waals surface area contributed by atoms with Gasteiger partial charge >= 0.3 is 12.1 Å². The van der Waals surface area contributed by atoms with E-state index in [2.05, 4.69) is 29.2 Å². The highest BCUT2D eigenvalue weighted by atomic mass is 16.6. The van der Waals surface area contributed by atoms with Crippen LogP contribution in [0, 0.1) is 29.1 Å². The summed E-state index contributed by atoms with van der Waals surface area (Å²) < 4.78 is 9.99. The molecule has 10 heteroatoms. The lowest BCUT2D eigenvalue weighted by atomic mass is 9.93. The van der Waals surface area contributed by atoms with Gasteiger partial charge in [-0.2, -0.15) is 0 Å². The Balaban J connectivity index is 1.39. The van der Waals surface area contributed by atoms with E-state index in [1.165, 1.54) is 0 Å². The normalized spacial score (nSPS) is 25.5. The number of rotatable bonds is 10. The van der Waals surface area contributed by atoms with E-state index in [0.717, 1.165) is 31.1 Å². The van der Waals surface area contributed by atoms with Gasteiger partial charge in [-0.1, -0.05) is 51.0 Å². The maximum absolute atomic E-state index is 14.3. The molecule has 1 aromatic carbocycles. The van der Waals surface area contributed by atoms with Gasteiger partial charge in [0.05, 0.1) is 19.3 Å². The average Bonchev–Trinajstić information content (AvgIpc) is 3.67. The highest BCUT2D eigenvalue weighted by molar-refractivity contribution is 6.36. The molecule has 2 saturated carbocycles. The SMILES string of the molecule is COC(=O)C(=O)C(CC1CC1)NC(=O)[C@@H]1[C@@H]2C(CN1C(=O)[C@@H](NC(=O)OC(C)C)C1Cc3ccccc3C1)C2(C)C. The van der Waals surface area contributed by atoms with Gasteiger partial charge in [0, 0.05) is 6.54 Å². The molecule has 1 saturated heterocycles. The van der Waals surface area contributed by atoms with Crippen LogP contribution in [0.4, 0.5) is 4.79 Å². The van der Waals surface area contributed by atoms with Gasteiger partial charge in [-0.05, 0) is 73.3 Å². The fraction of sp³-hybridized carbons (Fsp3) is 0.645. The number of Topliss-reactive ketones (excluding diaryl/α,β-unsaturated/α-hetero) is 1. The molecule has 2 N–H and O–H groups in total. The highest BCUT2D eigenvalue weighted by Gasteiger charge is 2.70. The van der Waals surface area contributed by atoms with Crippen molar-refractivity contribution < 1.29 is 33.4 Å². The third-order valence-electron chi connectivity index (χ3n) is 9.48. The molecule has 1 aliphatic heterocycles. The Kier molecular flexibility index (Phi) is 7.87. The molecule has 0 bridgehead atoms. The molecule has 41 heavy (non-hydrogen) atoms. The Bertz CT molecular complexity index is 1210. The van der Waals surface area contributed by atoms with Crippen molar-refractivity contribution in [2.45, 2.75) is 84.0 Å². The molecular weight excluding hydrogens is 526 g/mol. The van der Waals surface area contributed by atoms with Crippen molar-refractivity contribution in [1.29, 1.82) is 0 Å². The van der Waals surface area contributed by atoms with Crippen LogP contribution in [-0.2, 0) is 41.5 Å². The second kappa shape index (κ2) is 11.1. The first-order valence-corrected chi connectivity index (χ1v) is 14.7. The quantitative estimate of drug-likeness (QED) is 0.328. The molecule has 0 aromatic heterocycles. The van der Waals surface area contributed by atoms with Gasteiger partial charge in [-0.25, -0.2) is 9.59 Å². The van der Waals surface area contributed by atoms with Crippen LogP contribution in [0.2, 0.25) is 0 Å². The van der Waals surface area contributed by atoms with Crippen LogP contribution < -0.4 is 10.6 Å². The number of fused-ring (bicyclic) bond motifs is 2. The number of esters is 1. The number of hydrogen-bond donors (Lipinski definition) is 2. The lowest BCUT2D eigenvalue weighted by Crippen LogP contribution is -2.59. The third-order valence-corrected chi connectivity index (χ3v) is 9.48. The summed E-state index contributed by atoms with van der Waals surface area (Å²) in [5.41, 5.74) is 2.12. The number of hydrogen-bond acceptors (Lipinski definition) is 7. The molecule has 0 radical (unpaired) electrons. The zero-order chi connectivity index (χ0) is 29.6. The first-order valence-electron chi connectivity index (χ1n) is 14.7. The second-order valence-corrected chi connectivity index (χ2v) is 13.0. The number of methoxy groups -OCH3 is 1. The van der Waals surface area contributed by atoms with Crippen molar-refractivity contribution in [3.05, 3.63) is 35.4 Å². The zero-order valence-electron chi connectivity index (χ0n) is 24.5. The molecule has 2 unspecified atom stereocenters. The van der Waals surface area contributed by atoms with Crippen LogP contribution >= 0.6 is 0 Å². The standard InChI is InChI=1S/C31H41N3O7/c1-16(2)41-30(39)33-24(20-13-18-8-6-7-9-19(18)14-20)28(37)34-15-21-23(31(21,3)4)25(34)27(36)32-22(12-17-10-11-17)26(35)29(38)40-5/h6-9,16-17,20-25H,10-15H2,1-5H3,(H,32,36)(H,33,39)/t21?,22?,23-,24-,25-/m0/s1. The van der Waals surface area contributed by atoms with Gasteiger partial charge in [0.25, 0.3) is 5.78 Å². The number of amides is 3. The minimum atomic E-state index is -1.00. The largest absolute Gasteiger partial charge is 0.463 e. The predicted octanol–water partition coefficient (Wildman–Crippen LogP) is 2.41. The number of nitrogens with one attached hydrogen (secondary N) is 2. The van der Waals surface area contributed by atoms with E-state index < -0.39 is 41.9 Å².